The molecule has 0 spiro atoms. The first-order valence-corrected chi connectivity index (χ1v) is 8.05. The molecule has 22 heavy (non-hydrogen) atoms. The van der Waals surface area contributed by atoms with Crippen molar-refractivity contribution in [1.29, 1.82) is 0 Å². The van der Waals surface area contributed by atoms with E-state index in [0.717, 1.165) is 23.1 Å². The first-order chi connectivity index (χ1) is 10.3. The van der Waals surface area contributed by atoms with Gasteiger partial charge in [-0.15, -0.1) is 0 Å². The Morgan fingerprint density at radius 3 is 2.50 bits per heavy atom. The Morgan fingerprint density at radius 2 is 1.82 bits per heavy atom. The molecule has 0 aliphatic rings. The van der Waals surface area contributed by atoms with Gasteiger partial charge in [0, 0.05) is 19.0 Å². The quantitative estimate of drug-likeness (QED) is 0.594. The van der Waals surface area contributed by atoms with Crippen LogP contribution in [0, 0.1) is 0 Å². The molecular formula is C17H22Cl2N3+. The van der Waals surface area contributed by atoms with Crippen LogP contribution in [0.2, 0.25) is 0 Å². The van der Waals surface area contributed by atoms with Gasteiger partial charge in [0.05, 0.1) is 25.3 Å². The Morgan fingerprint density at radius 1 is 1.14 bits per heavy atom. The van der Waals surface area contributed by atoms with Crippen LogP contribution in [0.4, 0.5) is 0 Å². The first-order valence-electron chi connectivity index (χ1n) is 7.30. The lowest BCUT2D eigenvalue weighted by molar-refractivity contribution is -0.860. The SMILES string of the molecule is CCN(C)/C(Cl)=C(/Cl)[N+](C)(C)Cc1ccc2ccccc2n1. The number of hydrogen-bond donors (Lipinski definition) is 0. The van der Waals surface area contributed by atoms with Crippen LogP contribution >= 0.6 is 23.2 Å². The van der Waals surface area contributed by atoms with E-state index in [0.29, 0.717) is 21.3 Å². The first kappa shape index (κ1) is 17.1. The number of halogens is 2. The minimum Gasteiger partial charge on any atom is -0.360 e. The summed E-state index contributed by atoms with van der Waals surface area (Å²) >= 11 is 12.9. The Hall–Kier alpha value is -1.29. The van der Waals surface area contributed by atoms with Gasteiger partial charge in [0.2, 0.25) is 5.16 Å². The van der Waals surface area contributed by atoms with E-state index in [2.05, 4.69) is 12.1 Å². The average molecular weight is 339 g/mol. The molecule has 0 atom stereocenters. The third-order valence-corrected chi connectivity index (χ3v) is 4.93. The van der Waals surface area contributed by atoms with Gasteiger partial charge in [-0.3, -0.25) is 4.48 Å². The fourth-order valence-corrected chi connectivity index (χ4v) is 2.77. The average Bonchev–Trinajstić information content (AvgIpc) is 2.52. The van der Waals surface area contributed by atoms with E-state index in [-0.39, 0.29) is 0 Å². The summed E-state index contributed by atoms with van der Waals surface area (Å²) in [4.78, 5) is 6.64. The number of pyridine rings is 1. The molecule has 0 aliphatic carbocycles. The summed E-state index contributed by atoms with van der Waals surface area (Å²) in [5, 5.41) is 2.33. The van der Waals surface area contributed by atoms with Gasteiger partial charge < -0.3 is 4.90 Å². The molecule has 0 amide bonds. The number of hydrogen-bond acceptors (Lipinski definition) is 2. The molecule has 5 heteroatoms. The zero-order valence-corrected chi connectivity index (χ0v) is 15.0. The lowest BCUT2D eigenvalue weighted by Crippen LogP contribution is -2.38. The highest BCUT2D eigenvalue weighted by atomic mass is 35.5. The zero-order chi connectivity index (χ0) is 16.3. The van der Waals surface area contributed by atoms with Crippen molar-refractivity contribution in [1.82, 2.24) is 9.88 Å². The van der Waals surface area contributed by atoms with Gasteiger partial charge in [0.25, 0.3) is 0 Å². The maximum Gasteiger partial charge on any atom is 0.237 e. The molecule has 0 bridgehead atoms. The van der Waals surface area contributed by atoms with Gasteiger partial charge in [-0.1, -0.05) is 35.9 Å². The second-order valence-corrected chi connectivity index (χ2v) is 6.65. The molecule has 2 rings (SSSR count). The molecule has 1 heterocycles. The maximum absolute atomic E-state index is 6.52. The van der Waals surface area contributed by atoms with E-state index in [9.17, 15) is 0 Å². The molecule has 0 fully saturated rings. The lowest BCUT2D eigenvalue weighted by Gasteiger charge is -2.30. The zero-order valence-electron chi connectivity index (χ0n) is 13.5. The molecule has 0 radical (unpaired) electrons. The summed E-state index contributed by atoms with van der Waals surface area (Å²) < 4.78 is 0.454. The molecule has 0 saturated heterocycles. The van der Waals surface area contributed by atoms with Crippen molar-refractivity contribution in [2.24, 2.45) is 0 Å². The monoisotopic (exact) mass is 338 g/mol. The summed E-state index contributed by atoms with van der Waals surface area (Å²) in [6, 6.07) is 12.2. The highest BCUT2D eigenvalue weighted by molar-refractivity contribution is 6.37. The summed E-state index contributed by atoms with van der Waals surface area (Å²) in [5.41, 5.74) is 1.99. The van der Waals surface area contributed by atoms with E-state index in [1.54, 1.807) is 0 Å². The van der Waals surface area contributed by atoms with Crippen molar-refractivity contribution < 1.29 is 4.48 Å². The van der Waals surface area contributed by atoms with Gasteiger partial charge in [0.15, 0.2) is 5.16 Å². The molecule has 0 aliphatic heterocycles. The smallest absolute Gasteiger partial charge is 0.237 e. The van der Waals surface area contributed by atoms with Crippen molar-refractivity contribution in [2.45, 2.75) is 13.5 Å². The molecule has 118 valence electrons. The number of fused-ring (bicyclic) bond motifs is 1. The molecule has 1 aromatic carbocycles. The van der Waals surface area contributed by atoms with Crippen LogP contribution in [-0.4, -0.2) is 42.1 Å². The van der Waals surface area contributed by atoms with Crippen molar-refractivity contribution >= 4 is 34.1 Å². The fraction of sp³-hybridized carbons (Fsp3) is 0.353. The third-order valence-electron chi connectivity index (χ3n) is 3.72. The number of nitrogens with zero attached hydrogens (tertiary/aromatic N) is 3. The predicted molar refractivity (Wildman–Crippen MR) is 94.6 cm³/mol. The highest BCUT2D eigenvalue weighted by Gasteiger charge is 2.26. The standard InChI is InChI=1S/C17H22Cl2N3/c1-5-21(2)16(18)17(19)22(3,4)12-14-11-10-13-8-6-7-9-15(13)20-14/h6-11H,5,12H2,1-4H3/q+1/b17-16-. The van der Waals surface area contributed by atoms with E-state index in [1.165, 1.54) is 0 Å². The lowest BCUT2D eigenvalue weighted by atomic mass is 10.2. The largest absolute Gasteiger partial charge is 0.360 e. The second kappa shape index (κ2) is 6.86. The molecule has 0 unspecified atom stereocenters. The van der Waals surface area contributed by atoms with Crippen LogP contribution in [0.25, 0.3) is 10.9 Å². The summed E-state index contributed by atoms with van der Waals surface area (Å²) in [6.45, 7) is 3.53. The van der Waals surface area contributed by atoms with Gasteiger partial charge in [-0.25, -0.2) is 4.98 Å². The van der Waals surface area contributed by atoms with E-state index >= 15 is 0 Å². The van der Waals surface area contributed by atoms with Crippen LogP contribution in [0.15, 0.2) is 46.7 Å². The number of quaternary nitrogens is 1. The molecule has 2 aromatic rings. The van der Waals surface area contributed by atoms with Crippen molar-refractivity contribution in [3.05, 3.63) is 52.4 Å². The van der Waals surface area contributed by atoms with Crippen LogP contribution in [0.5, 0.6) is 0 Å². The number of para-hydroxylation sites is 1. The molecular weight excluding hydrogens is 317 g/mol. The summed E-state index contributed by atoms with van der Waals surface area (Å²) in [6.07, 6.45) is 0. The minimum atomic E-state index is 0.454. The van der Waals surface area contributed by atoms with Crippen LogP contribution < -0.4 is 0 Å². The predicted octanol–water partition coefficient (Wildman–Crippen LogP) is 4.37. The van der Waals surface area contributed by atoms with Gasteiger partial charge in [-0.2, -0.15) is 0 Å². The third kappa shape index (κ3) is 3.72. The summed E-state index contributed by atoms with van der Waals surface area (Å²) in [7, 11) is 6.00. The second-order valence-electron chi connectivity index (χ2n) is 5.93. The Balaban J connectivity index is 2.30. The summed E-state index contributed by atoms with van der Waals surface area (Å²) in [5.74, 6) is 0. The van der Waals surface area contributed by atoms with Gasteiger partial charge in [-0.05, 0) is 30.7 Å². The number of benzene rings is 1. The Kier molecular flexibility index (Phi) is 5.32. The van der Waals surface area contributed by atoms with E-state index < -0.39 is 0 Å². The van der Waals surface area contributed by atoms with Crippen LogP contribution in [0.1, 0.15) is 12.6 Å². The Labute approximate surface area is 142 Å². The van der Waals surface area contributed by atoms with Crippen molar-refractivity contribution in [3.63, 3.8) is 0 Å². The normalized spacial score (nSPS) is 13.2. The van der Waals surface area contributed by atoms with E-state index in [4.69, 9.17) is 28.2 Å². The van der Waals surface area contributed by atoms with Crippen LogP contribution in [0.3, 0.4) is 0 Å². The van der Waals surface area contributed by atoms with Gasteiger partial charge >= 0.3 is 0 Å². The van der Waals surface area contributed by atoms with Crippen molar-refractivity contribution in [3.8, 4) is 0 Å². The topological polar surface area (TPSA) is 16.1 Å². The minimum absolute atomic E-state index is 0.454. The fourth-order valence-electron chi connectivity index (χ4n) is 2.22. The van der Waals surface area contributed by atoms with Crippen molar-refractivity contribution in [2.75, 3.05) is 27.7 Å². The molecule has 0 saturated carbocycles. The molecule has 3 nitrogen and oxygen atoms in total. The molecule has 0 N–H and O–H groups in total. The molecule has 1 aromatic heterocycles. The van der Waals surface area contributed by atoms with Gasteiger partial charge in [0.1, 0.15) is 6.54 Å². The maximum atomic E-state index is 6.52. The number of aromatic nitrogens is 1. The Bertz CT molecular complexity index is 695. The van der Waals surface area contributed by atoms with E-state index in [1.807, 2.05) is 57.2 Å². The number of rotatable bonds is 5. The van der Waals surface area contributed by atoms with Crippen LogP contribution in [-0.2, 0) is 6.54 Å². The highest BCUT2D eigenvalue weighted by Crippen LogP contribution is 2.27.